The molecule has 3 N–H and O–H groups in total. The summed E-state index contributed by atoms with van der Waals surface area (Å²) in [6.07, 6.45) is 1.41. The zero-order valence-electron chi connectivity index (χ0n) is 10.7. The molecule has 2 atom stereocenters. The molecular formula is C14H23NO2. The predicted octanol–water partition coefficient (Wildman–Crippen LogP) is 2.49. The van der Waals surface area contributed by atoms with Crippen LogP contribution in [0.25, 0.3) is 0 Å². The molecule has 0 saturated heterocycles. The van der Waals surface area contributed by atoms with Crippen molar-refractivity contribution in [3.63, 3.8) is 0 Å². The minimum Gasteiger partial charge on any atom is -0.493 e. The SMILES string of the molecule is CCCC(CN)C(O)c1ccccc1OCC. The Bertz CT molecular complexity index is 328. The summed E-state index contributed by atoms with van der Waals surface area (Å²) in [6, 6.07) is 7.63. The van der Waals surface area contributed by atoms with E-state index in [0.29, 0.717) is 13.2 Å². The van der Waals surface area contributed by atoms with Gasteiger partial charge in [0.05, 0.1) is 12.7 Å². The van der Waals surface area contributed by atoms with Gasteiger partial charge in [0.1, 0.15) is 5.75 Å². The predicted molar refractivity (Wildman–Crippen MR) is 70.0 cm³/mol. The molecule has 0 saturated carbocycles. The lowest BCUT2D eigenvalue weighted by molar-refractivity contribution is 0.103. The summed E-state index contributed by atoms with van der Waals surface area (Å²) >= 11 is 0. The summed E-state index contributed by atoms with van der Waals surface area (Å²) in [7, 11) is 0. The maximum absolute atomic E-state index is 10.4. The first kappa shape index (κ1) is 14.0. The van der Waals surface area contributed by atoms with Gasteiger partial charge in [-0.05, 0) is 26.0 Å². The molecule has 0 aliphatic heterocycles. The maximum Gasteiger partial charge on any atom is 0.125 e. The number of rotatable bonds is 7. The van der Waals surface area contributed by atoms with Crippen LogP contribution in [0, 0.1) is 5.92 Å². The molecule has 0 aliphatic carbocycles. The minimum atomic E-state index is -0.539. The van der Waals surface area contributed by atoms with Crippen molar-refractivity contribution >= 4 is 0 Å². The summed E-state index contributed by atoms with van der Waals surface area (Å²) in [5.41, 5.74) is 6.57. The topological polar surface area (TPSA) is 55.5 Å². The fraction of sp³-hybridized carbons (Fsp3) is 0.571. The van der Waals surface area contributed by atoms with E-state index in [0.717, 1.165) is 24.2 Å². The van der Waals surface area contributed by atoms with Gasteiger partial charge < -0.3 is 15.6 Å². The standard InChI is InChI=1S/C14H23NO2/c1-3-7-11(10-15)14(16)12-8-5-6-9-13(12)17-4-2/h5-6,8-9,11,14,16H,3-4,7,10,15H2,1-2H3. The summed E-state index contributed by atoms with van der Waals surface area (Å²) in [4.78, 5) is 0. The quantitative estimate of drug-likeness (QED) is 0.766. The molecule has 0 aliphatic rings. The lowest BCUT2D eigenvalue weighted by atomic mass is 9.91. The van der Waals surface area contributed by atoms with Gasteiger partial charge in [-0.3, -0.25) is 0 Å². The number of ether oxygens (including phenoxy) is 1. The molecule has 3 nitrogen and oxygen atoms in total. The molecule has 1 aromatic carbocycles. The number of nitrogens with two attached hydrogens (primary N) is 1. The minimum absolute atomic E-state index is 0.0987. The fourth-order valence-corrected chi connectivity index (χ4v) is 2.04. The second kappa shape index (κ2) is 7.30. The lowest BCUT2D eigenvalue weighted by Crippen LogP contribution is -2.22. The van der Waals surface area contributed by atoms with Crippen LogP contribution < -0.4 is 10.5 Å². The highest BCUT2D eigenvalue weighted by atomic mass is 16.5. The molecule has 0 heterocycles. The first-order valence-corrected chi connectivity index (χ1v) is 6.34. The van der Waals surface area contributed by atoms with Crippen molar-refractivity contribution < 1.29 is 9.84 Å². The molecule has 0 aromatic heterocycles. The first-order valence-electron chi connectivity index (χ1n) is 6.34. The molecule has 96 valence electrons. The normalized spacial score (nSPS) is 14.4. The second-order valence-electron chi connectivity index (χ2n) is 4.20. The van der Waals surface area contributed by atoms with Crippen LogP contribution in [-0.2, 0) is 0 Å². The Morgan fingerprint density at radius 2 is 2.00 bits per heavy atom. The summed E-state index contributed by atoms with van der Waals surface area (Å²) in [5, 5.41) is 10.4. The highest BCUT2D eigenvalue weighted by Crippen LogP contribution is 2.31. The summed E-state index contributed by atoms with van der Waals surface area (Å²) < 4.78 is 5.53. The number of para-hydroxylation sites is 1. The third-order valence-electron chi connectivity index (χ3n) is 2.95. The maximum atomic E-state index is 10.4. The largest absolute Gasteiger partial charge is 0.493 e. The van der Waals surface area contributed by atoms with Crippen molar-refractivity contribution in [2.24, 2.45) is 11.7 Å². The van der Waals surface area contributed by atoms with Gasteiger partial charge in [0.2, 0.25) is 0 Å². The zero-order valence-corrected chi connectivity index (χ0v) is 10.7. The van der Waals surface area contributed by atoms with E-state index < -0.39 is 6.10 Å². The van der Waals surface area contributed by atoms with Crippen molar-refractivity contribution in [1.82, 2.24) is 0 Å². The Hall–Kier alpha value is -1.06. The van der Waals surface area contributed by atoms with Gasteiger partial charge in [0, 0.05) is 11.5 Å². The van der Waals surface area contributed by atoms with Gasteiger partial charge in [0.15, 0.2) is 0 Å². The van der Waals surface area contributed by atoms with E-state index in [9.17, 15) is 5.11 Å². The Morgan fingerprint density at radius 1 is 1.29 bits per heavy atom. The van der Waals surface area contributed by atoms with Crippen LogP contribution in [0.3, 0.4) is 0 Å². The Balaban J connectivity index is 2.89. The van der Waals surface area contributed by atoms with Gasteiger partial charge >= 0.3 is 0 Å². The fourth-order valence-electron chi connectivity index (χ4n) is 2.04. The molecule has 0 fully saturated rings. The molecule has 1 aromatic rings. The van der Waals surface area contributed by atoms with Crippen molar-refractivity contribution in [2.75, 3.05) is 13.2 Å². The molecule has 0 radical (unpaired) electrons. The monoisotopic (exact) mass is 237 g/mol. The van der Waals surface area contributed by atoms with Crippen molar-refractivity contribution in [3.8, 4) is 5.75 Å². The van der Waals surface area contributed by atoms with Gasteiger partial charge in [0.25, 0.3) is 0 Å². The van der Waals surface area contributed by atoms with E-state index in [1.807, 2.05) is 31.2 Å². The Kier molecular flexibility index (Phi) is 6.01. The Morgan fingerprint density at radius 3 is 2.59 bits per heavy atom. The summed E-state index contributed by atoms with van der Waals surface area (Å²) in [6.45, 7) is 5.14. The van der Waals surface area contributed by atoms with E-state index in [1.54, 1.807) is 0 Å². The molecule has 0 bridgehead atoms. The molecule has 2 unspecified atom stereocenters. The van der Waals surface area contributed by atoms with Crippen LogP contribution in [0.4, 0.5) is 0 Å². The van der Waals surface area contributed by atoms with Gasteiger partial charge in [-0.2, -0.15) is 0 Å². The third-order valence-corrected chi connectivity index (χ3v) is 2.95. The van der Waals surface area contributed by atoms with Crippen molar-refractivity contribution in [1.29, 1.82) is 0 Å². The number of hydrogen-bond acceptors (Lipinski definition) is 3. The molecule has 0 spiro atoms. The zero-order chi connectivity index (χ0) is 12.7. The van der Waals surface area contributed by atoms with Crippen LogP contribution in [0.1, 0.15) is 38.4 Å². The number of aliphatic hydroxyl groups is 1. The molecule has 3 heteroatoms. The van der Waals surface area contributed by atoms with Crippen LogP contribution >= 0.6 is 0 Å². The van der Waals surface area contributed by atoms with Gasteiger partial charge in [-0.15, -0.1) is 0 Å². The number of aliphatic hydroxyl groups excluding tert-OH is 1. The first-order chi connectivity index (χ1) is 8.24. The van der Waals surface area contributed by atoms with Crippen LogP contribution in [0.5, 0.6) is 5.75 Å². The van der Waals surface area contributed by atoms with Crippen LogP contribution in [0.2, 0.25) is 0 Å². The van der Waals surface area contributed by atoms with Gasteiger partial charge in [-0.1, -0.05) is 31.5 Å². The van der Waals surface area contributed by atoms with Crippen molar-refractivity contribution in [3.05, 3.63) is 29.8 Å². The third kappa shape index (κ3) is 3.72. The van der Waals surface area contributed by atoms with E-state index >= 15 is 0 Å². The molecule has 0 amide bonds. The highest BCUT2D eigenvalue weighted by Gasteiger charge is 2.21. The molecule has 1 rings (SSSR count). The van der Waals surface area contributed by atoms with Gasteiger partial charge in [-0.25, -0.2) is 0 Å². The van der Waals surface area contributed by atoms with Crippen molar-refractivity contribution in [2.45, 2.75) is 32.8 Å². The Labute approximate surface area is 104 Å². The molecular weight excluding hydrogens is 214 g/mol. The van der Waals surface area contributed by atoms with E-state index in [-0.39, 0.29) is 5.92 Å². The summed E-state index contributed by atoms with van der Waals surface area (Å²) in [5.74, 6) is 0.860. The van der Waals surface area contributed by atoms with Crippen LogP contribution in [0.15, 0.2) is 24.3 Å². The highest BCUT2D eigenvalue weighted by molar-refractivity contribution is 5.35. The van der Waals surface area contributed by atoms with Crippen LogP contribution in [-0.4, -0.2) is 18.3 Å². The van der Waals surface area contributed by atoms with E-state index in [4.69, 9.17) is 10.5 Å². The average molecular weight is 237 g/mol. The van der Waals surface area contributed by atoms with E-state index in [1.165, 1.54) is 0 Å². The smallest absolute Gasteiger partial charge is 0.125 e. The number of hydrogen-bond donors (Lipinski definition) is 2. The lowest BCUT2D eigenvalue weighted by Gasteiger charge is -2.23. The number of benzene rings is 1. The van der Waals surface area contributed by atoms with E-state index in [2.05, 4.69) is 6.92 Å². The second-order valence-corrected chi connectivity index (χ2v) is 4.20. The average Bonchev–Trinajstić information content (AvgIpc) is 2.36. The molecule has 17 heavy (non-hydrogen) atoms.